The maximum atomic E-state index is 12.4. The molecule has 1 aromatic heterocycles. The molecule has 0 saturated carbocycles. The molecule has 3 rings (SSSR count). The lowest BCUT2D eigenvalue weighted by Crippen LogP contribution is -2.36. The van der Waals surface area contributed by atoms with Crippen molar-refractivity contribution in [2.45, 2.75) is 26.0 Å². The zero-order valence-electron chi connectivity index (χ0n) is 13.7. The minimum atomic E-state index is -1.20. The van der Waals surface area contributed by atoms with E-state index in [1.165, 1.54) is 0 Å². The number of aromatic amines is 1. The number of hydrogen-bond acceptors (Lipinski definition) is 3. The van der Waals surface area contributed by atoms with E-state index in [4.69, 9.17) is 0 Å². The van der Waals surface area contributed by atoms with Gasteiger partial charge in [0.1, 0.15) is 5.82 Å². The molecule has 0 bridgehead atoms. The quantitative estimate of drug-likeness (QED) is 0.675. The lowest BCUT2D eigenvalue weighted by Gasteiger charge is -2.22. The fourth-order valence-corrected chi connectivity index (χ4v) is 2.69. The van der Waals surface area contributed by atoms with Crippen LogP contribution in [0.25, 0.3) is 11.0 Å². The van der Waals surface area contributed by atoms with E-state index in [9.17, 15) is 9.90 Å². The Bertz CT molecular complexity index is 794. The molecule has 5 heteroatoms. The van der Waals surface area contributed by atoms with Crippen molar-refractivity contribution < 1.29 is 9.90 Å². The van der Waals surface area contributed by atoms with Crippen molar-refractivity contribution >= 4 is 16.9 Å². The van der Waals surface area contributed by atoms with Gasteiger partial charge in [-0.3, -0.25) is 4.79 Å². The highest BCUT2D eigenvalue weighted by Gasteiger charge is 2.25. The van der Waals surface area contributed by atoms with Crippen LogP contribution in [0.15, 0.2) is 54.6 Å². The fourth-order valence-electron chi connectivity index (χ4n) is 2.69. The molecule has 0 aliphatic heterocycles. The maximum Gasteiger partial charge on any atom is 0.254 e. The van der Waals surface area contributed by atoms with Gasteiger partial charge < -0.3 is 15.4 Å². The summed E-state index contributed by atoms with van der Waals surface area (Å²) in [5.41, 5.74) is 2.36. The third kappa shape index (κ3) is 3.31. The molecule has 2 unspecified atom stereocenters. The van der Waals surface area contributed by atoms with Crippen molar-refractivity contribution in [1.82, 2.24) is 15.3 Å². The summed E-state index contributed by atoms with van der Waals surface area (Å²) in [6.07, 6.45) is -1.20. The highest BCUT2D eigenvalue weighted by molar-refractivity contribution is 5.82. The Morgan fingerprint density at radius 1 is 1.08 bits per heavy atom. The lowest BCUT2D eigenvalue weighted by atomic mass is 10.0. The van der Waals surface area contributed by atoms with Gasteiger partial charge >= 0.3 is 0 Å². The molecular formula is C19H21N3O2. The van der Waals surface area contributed by atoms with Gasteiger partial charge in [0, 0.05) is 0 Å². The van der Waals surface area contributed by atoms with Gasteiger partial charge in [-0.15, -0.1) is 0 Å². The molecule has 1 amide bonds. The second kappa shape index (κ2) is 6.84. The molecule has 0 saturated heterocycles. The molecule has 24 heavy (non-hydrogen) atoms. The molecule has 124 valence electrons. The Morgan fingerprint density at radius 3 is 2.42 bits per heavy atom. The van der Waals surface area contributed by atoms with Crippen LogP contribution < -0.4 is 5.32 Å². The number of imidazole rings is 1. The van der Waals surface area contributed by atoms with E-state index >= 15 is 0 Å². The number of nitrogens with one attached hydrogen (secondary N) is 2. The second-order valence-electron chi connectivity index (χ2n) is 6.18. The fraction of sp³-hybridized carbons (Fsp3) is 0.263. The molecule has 0 fully saturated rings. The minimum Gasteiger partial charge on any atom is -0.378 e. The van der Waals surface area contributed by atoms with Crippen molar-refractivity contribution in [3.05, 3.63) is 66.0 Å². The van der Waals surface area contributed by atoms with Crippen molar-refractivity contribution in [3.8, 4) is 0 Å². The van der Waals surface area contributed by atoms with Gasteiger partial charge in [-0.2, -0.15) is 0 Å². The normalized spacial score (nSPS) is 13.8. The van der Waals surface area contributed by atoms with Gasteiger partial charge in [0.25, 0.3) is 5.91 Å². The molecule has 2 atom stereocenters. The maximum absolute atomic E-state index is 12.4. The molecule has 0 aliphatic rings. The van der Waals surface area contributed by atoms with Gasteiger partial charge in [0.15, 0.2) is 6.10 Å². The van der Waals surface area contributed by atoms with Crippen LogP contribution in [-0.2, 0) is 4.79 Å². The molecule has 1 heterocycles. The summed E-state index contributed by atoms with van der Waals surface area (Å²) in [7, 11) is 0. The predicted octanol–water partition coefficient (Wildman–Crippen LogP) is 3.11. The van der Waals surface area contributed by atoms with Crippen molar-refractivity contribution in [3.63, 3.8) is 0 Å². The number of fused-ring (bicyclic) bond motifs is 1. The zero-order valence-corrected chi connectivity index (χ0v) is 13.7. The third-order valence-corrected chi connectivity index (χ3v) is 4.03. The SMILES string of the molecule is CC(C)C(NC(=O)C(O)c1ccccc1)c1nc2ccccc2[nH]1. The number of para-hydroxylation sites is 2. The molecule has 0 spiro atoms. The number of aromatic nitrogens is 2. The first kappa shape index (κ1) is 16.2. The predicted molar refractivity (Wildman–Crippen MR) is 93.2 cm³/mol. The van der Waals surface area contributed by atoms with E-state index in [0.717, 1.165) is 11.0 Å². The number of aliphatic hydroxyl groups excluding tert-OH is 1. The first-order valence-electron chi connectivity index (χ1n) is 8.04. The number of nitrogens with zero attached hydrogens (tertiary/aromatic N) is 1. The van der Waals surface area contributed by atoms with E-state index in [2.05, 4.69) is 15.3 Å². The summed E-state index contributed by atoms with van der Waals surface area (Å²) in [5.74, 6) is 0.387. The highest BCUT2D eigenvalue weighted by atomic mass is 16.3. The van der Waals surface area contributed by atoms with Gasteiger partial charge in [-0.05, 0) is 23.6 Å². The molecule has 0 aliphatic carbocycles. The summed E-state index contributed by atoms with van der Waals surface area (Å²) in [6.45, 7) is 4.01. The van der Waals surface area contributed by atoms with Gasteiger partial charge in [0.05, 0.1) is 17.1 Å². The van der Waals surface area contributed by atoms with E-state index in [1.807, 2.05) is 44.2 Å². The third-order valence-electron chi connectivity index (χ3n) is 4.03. The topological polar surface area (TPSA) is 78.0 Å². The van der Waals surface area contributed by atoms with Crippen molar-refractivity contribution in [2.24, 2.45) is 5.92 Å². The molecule has 3 aromatic rings. The first-order valence-corrected chi connectivity index (χ1v) is 8.04. The Hall–Kier alpha value is -2.66. The summed E-state index contributed by atoms with van der Waals surface area (Å²) >= 11 is 0. The number of carbonyl (C=O) groups is 1. The standard InChI is InChI=1S/C19H21N3O2/c1-12(2)16(18-20-14-10-6-7-11-15(14)21-18)22-19(24)17(23)13-8-4-3-5-9-13/h3-12,16-17,23H,1-2H3,(H,20,21)(H,22,24). The van der Waals surface area contributed by atoms with Gasteiger partial charge in [-0.25, -0.2) is 4.98 Å². The summed E-state index contributed by atoms with van der Waals surface area (Å²) in [6, 6.07) is 16.3. The van der Waals surface area contributed by atoms with Crippen molar-refractivity contribution in [1.29, 1.82) is 0 Å². The summed E-state index contributed by atoms with van der Waals surface area (Å²) < 4.78 is 0. The Kier molecular flexibility index (Phi) is 4.62. The largest absolute Gasteiger partial charge is 0.378 e. The zero-order chi connectivity index (χ0) is 17.1. The van der Waals surface area contributed by atoms with Crippen LogP contribution in [0.3, 0.4) is 0 Å². The summed E-state index contributed by atoms with van der Waals surface area (Å²) in [4.78, 5) is 20.3. The first-order chi connectivity index (χ1) is 11.6. The Balaban J connectivity index is 1.82. The van der Waals surface area contributed by atoms with E-state index in [-0.39, 0.29) is 12.0 Å². The van der Waals surface area contributed by atoms with Crippen LogP contribution in [0.4, 0.5) is 0 Å². The number of H-pyrrole nitrogens is 1. The number of amides is 1. The van der Waals surface area contributed by atoms with Crippen molar-refractivity contribution in [2.75, 3.05) is 0 Å². The number of aliphatic hydroxyl groups is 1. The van der Waals surface area contributed by atoms with Gasteiger partial charge in [0.2, 0.25) is 0 Å². The smallest absolute Gasteiger partial charge is 0.254 e. The van der Waals surface area contributed by atoms with Crippen LogP contribution in [0, 0.1) is 5.92 Å². The average molecular weight is 323 g/mol. The van der Waals surface area contributed by atoms with Crippen LogP contribution in [0.5, 0.6) is 0 Å². The number of carbonyl (C=O) groups excluding carboxylic acids is 1. The molecular weight excluding hydrogens is 302 g/mol. The van der Waals surface area contributed by atoms with Crippen LogP contribution >= 0.6 is 0 Å². The minimum absolute atomic E-state index is 0.123. The lowest BCUT2D eigenvalue weighted by molar-refractivity contribution is -0.130. The van der Waals surface area contributed by atoms with E-state index in [1.54, 1.807) is 24.3 Å². The van der Waals surface area contributed by atoms with E-state index in [0.29, 0.717) is 11.4 Å². The Labute approximate surface area is 140 Å². The van der Waals surface area contributed by atoms with Crippen LogP contribution in [-0.4, -0.2) is 21.0 Å². The number of benzene rings is 2. The summed E-state index contributed by atoms with van der Waals surface area (Å²) in [5, 5.41) is 13.2. The van der Waals surface area contributed by atoms with Crippen LogP contribution in [0.1, 0.15) is 37.4 Å². The van der Waals surface area contributed by atoms with Gasteiger partial charge in [-0.1, -0.05) is 56.3 Å². The average Bonchev–Trinajstić information content (AvgIpc) is 3.02. The van der Waals surface area contributed by atoms with Crippen LogP contribution in [0.2, 0.25) is 0 Å². The highest BCUT2D eigenvalue weighted by Crippen LogP contribution is 2.23. The molecule has 0 radical (unpaired) electrons. The number of hydrogen-bond donors (Lipinski definition) is 3. The Morgan fingerprint density at radius 2 is 1.75 bits per heavy atom. The van der Waals surface area contributed by atoms with E-state index < -0.39 is 12.0 Å². The number of rotatable bonds is 5. The molecule has 2 aromatic carbocycles. The molecule has 5 nitrogen and oxygen atoms in total. The molecule has 3 N–H and O–H groups in total. The second-order valence-corrected chi connectivity index (χ2v) is 6.18. The monoisotopic (exact) mass is 323 g/mol.